The van der Waals surface area contributed by atoms with Gasteiger partial charge in [-0.3, -0.25) is 13.9 Å². The van der Waals surface area contributed by atoms with Crippen LogP contribution in [0, 0.1) is 13.8 Å². The molecule has 1 atom stereocenters. The lowest BCUT2D eigenvalue weighted by atomic mass is 9.94. The van der Waals surface area contributed by atoms with Crippen LogP contribution in [0.5, 0.6) is 0 Å². The van der Waals surface area contributed by atoms with E-state index in [-0.39, 0.29) is 24.9 Å². The number of hydrogen-bond donors (Lipinski definition) is 1. The molecule has 1 aliphatic rings. The Bertz CT molecular complexity index is 1540. The fourth-order valence-corrected chi connectivity index (χ4v) is 6.90. The number of hydrogen-bond acceptors (Lipinski definition) is 4. The quantitative estimate of drug-likeness (QED) is 0.260. The lowest BCUT2D eigenvalue weighted by Gasteiger charge is -2.35. The van der Waals surface area contributed by atoms with Crippen molar-refractivity contribution in [2.24, 2.45) is 0 Å². The second kappa shape index (κ2) is 14.6. The van der Waals surface area contributed by atoms with E-state index in [0.717, 1.165) is 59.4 Å². The van der Waals surface area contributed by atoms with Crippen LogP contribution in [0.3, 0.4) is 0 Å². The van der Waals surface area contributed by atoms with Gasteiger partial charge in [0.05, 0.1) is 11.9 Å². The van der Waals surface area contributed by atoms with E-state index in [0.29, 0.717) is 21.3 Å². The predicted molar refractivity (Wildman–Crippen MR) is 174 cm³/mol. The molecule has 0 aliphatic heterocycles. The van der Waals surface area contributed by atoms with Gasteiger partial charge in [0.1, 0.15) is 12.6 Å². The van der Waals surface area contributed by atoms with Crippen LogP contribution >= 0.6 is 23.2 Å². The van der Waals surface area contributed by atoms with Gasteiger partial charge in [0.2, 0.25) is 21.8 Å². The van der Waals surface area contributed by atoms with Crippen molar-refractivity contribution in [1.29, 1.82) is 0 Å². The molecule has 4 rings (SSSR count). The van der Waals surface area contributed by atoms with E-state index in [2.05, 4.69) is 5.32 Å². The number of carbonyl (C=O) groups excluding carboxylic acids is 2. The number of rotatable bonds is 11. The first-order valence-electron chi connectivity index (χ1n) is 14.6. The van der Waals surface area contributed by atoms with Gasteiger partial charge in [-0.05, 0) is 67.1 Å². The predicted octanol–water partition coefficient (Wildman–Crippen LogP) is 6.47. The standard InChI is InChI=1S/C33H39Cl2N3O4S/c1-23-11-10-16-30(24(23)2)38(43(3,41)42)22-32(39)37(21-26-17-18-27(34)20-29(26)35)31(19-25-12-6-4-7-13-25)33(40)36-28-14-8-5-9-15-28/h4,6-7,10-13,16-18,20,28,31H,5,8-9,14-15,19,21-22H2,1-3H3,(H,36,40)/t31-/m0/s1. The van der Waals surface area contributed by atoms with Gasteiger partial charge in [0.25, 0.3) is 0 Å². The Hall–Kier alpha value is -3.07. The van der Waals surface area contributed by atoms with Crippen LogP contribution in [0.25, 0.3) is 0 Å². The topological polar surface area (TPSA) is 86.8 Å². The maximum Gasteiger partial charge on any atom is 0.244 e. The number of aryl methyl sites for hydroxylation is 1. The summed E-state index contributed by atoms with van der Waals surface area (Å²) in [6, 6.07) is 19.0. The average Bonchev–Trinajstić information content (AvgIpc) is 2.96. The minimum atomic E-state index is -3.86. The van der Waals surface area contributed by atoms with E-state index in [1.165, 1.54) is 4.90 Å². The number of sulfonamides is 1. The van der Waals surface area contributed by atoms with Crippen molar-refractivity contribution in [3.05, 3.63) is 99.0 Å². The summed E-state index contributed by atoms with van der Waals surface area (Å²) in [5, 5.41) is 3.99. The molecule has 1 N–H and O–H groups in total. The Kier molecular flexibility index (Phi) is 11.2. The number of nitrogens with zero attached hydrogens (tertiary/aromatic N) is 2. The minimum absolute atomic E-state index is 0.00513. The molecular formula is C33H39Cl2N3O4S. The smallest absolute Gasteiger partial charge is 0.244 e. The molecule has 0 spiro atoms. The summed E-state index contributed by atoms with van der Waals surface area (Å²) >= 11 is 12.7. The first kappa shape index (κ1) is 32.8. The maximum atomic E-state index is 14.4. The summed E-state index contributed by atoms with van der Waals surface area (Å²) in [6.07, 6.45) is 6.31. The Morgan fingerprint density at radius 3 is 2.30 bits per heavy atom. The third kappa shape index (κ3) is 8.74. The average molecular weight is 645 g/mol. The molecule has 10 heteroatoms. The summed E-state index contributed by atoms with van der Waals surface area (Å²) in [6.45, 7) is 3.24. The first-order valence-corrected chi connectivity index (χ1v) is 17.2. The summed E-state index contributed by atoms with van der Waals surface area (Å²) in [4.78, 5) is 29.9. The summed E-state index contributed by atoms with van der Waals surface area (Å²) in [5.41, 5.74) is 3.55. The molecule has 7 nitrogen and oxygen atoms in total. The third-order valence-electron chi connectivity index (χ3n) is 8.10. The number of nitrogens with one attached hydrogen (secondary N) is 1. The van der Waals surface area contributed by atoms with Gasteiger partial charge in [-0.25, -0.2) is 8.42 Å². The van der Waals surface area contributed by atoms with Gasteiger partial charge in [-0.15, -0.1) is 0 Å². The number of halogens is 2. The number of anilines is 1. The molecule has 0 aromatic heterocycles. The van der Waals surface area contributed by atoms with E-state index in [1.54, 1.807) is 30.3 Å². The monoisotopic (exact) mass is 643 g/mol. The van der Waals surface area contributed by atoms with Gasteiger partial charge in [0, 0.05) is 29.1 Å². The Labute approximate surface area is 265 Å². The molecule has 1 aliphatic carbocycles. The Morgan fingerprint density at radius 2 is 1.65 bits per heavy atom. The lowest BCUT2D eigenvalue weighted by molar-refractivity contribution is -0.140. The van der Waals surface area contributed by atoms with Crippen LogP contribution in [0.1, 0.15) is 54.4 Å². The lowest BCUT2D eigenvalue weighted by Crippen LogP contribution is -2.55. The van der Waals surface area contributed by atoms with Crippen molar-refractivity contribution in [2.45, 2.75) is 71.0 Å². The zero-order valence-corrected chi connectivity index (χ0v) is 27.2. The van der Waals surface area contributed by atoms with Gasteiger partial charge >= 0.3 is 0 Å². The van der Waals surface area contributed by atoms with Gasteiger partial charge in [0.15, 0.2) is 0 Å². The fourth-order valence-electron chi connectivity index (χ4n) is 5.53. The van der Waals surface area contributed by atoms with Crippen molar-refractivity contribution in [3.63, 3.8) is 0 Å². The van der Waals surface area contributed by atoms with Crippen LogP contribution < -0.4 is 9.62 Å². The summed E-state index contributed by atoms with van der Waals surface area (Å²) in [5.74, 6) is -0.788. The molecule has 0 saturated heterocycles. The minimum Gasteiger partial charge on any atom is -0.352 e. The highest BCUT2D eigenvalue weighted by molar-refractivity contribution is 7.92. The Morgan fingerprint density at radius 1 is 0.953 bits per heavy atom. The fraction of sp³-hybridized carbons (Fsp3) is 0.394. The highest BCUT2D eigenvalue weighted by Gasteiger charge is 2.34. The molecular weight excluding hydrogens is 605 g/mol. The molecule has 0 unspecified atom stereocenters. The van der Waals surface area contributed by atoms with Crippen molar-refractivity contribution < 1.29 is 18.0 Å². The van der Waals surface area contributed by atoms with E-state index in [9.17, 15) is 18.0 Å². The molecule has 1 saturated carbocycles. The molecule has 0 radical (unpaired) electrons. The van der Waals surface area contributed by atoms with Crippen LogP contribution in [-0.4, -0.2) is 50.0 Å². The van der Waals surface area contributed by atoms with Crippen LogP contribution in [0.4, 0.5) is 5.69 Å². The van der Waals surface area contributed by atoms with Crippen molar-refractivity contribution in [2.75, 3.05) is 17.1 Å². The van der Waals surface area contributed by atoms with Gasteiger partial charge in [-0.1, -0.05) is 91.0 Å². The SMILES string of the molecule is Cc1cccc(N(CC(=O)N(Cc2ccc(Cl)cc2Cl)[C@@H](Cc2ccccc2)C(=O)NC2CCCCC2)S(C)(=O)=O)c1C. The molecule has 2 amide bonds. The van der Waals surface area contributed by atoms with Gasteiger partial charge in [-0.2, -0.15) is 0 Å². The van der Waals surface area contributed by atoms with Crippen molar-refractivity contribution >= 4 is 50.7 Å². The summed E-state index contributed by atoms with van der Waals surface area (Å²) in [7, 11) is -3.86. The van der Waals surface area contributed by atoms with E-state index in [1.807, 2.05) is 50.2 Å². The second-order valence-electron chi connectivity index (χ2n) is 11.3. The maximum absolute atomic E-state index is 14.4. The second-order valence-corrected chi connectivity index (χ2v) is 14.0. The third-order valence-corrected chi connectivity index (χ3v) is 9.82. The molecule has 0 bridgehead atoms. The molecule has 43 heavy (non-hydrogen) atoms. The van der Waals surface area contributed by atoms with Crippen molar-refractivity contribution in [1.82, 2.24) is 10.2 Å². The van der Waals surface area contributed by atoms with Crippen LogP contribution in [0.15, 0.2) is 66.7 Å². The zero-order chi connectivity index (χ0) is 31.1. The van der Waals surface area contributed by atoms with E-state index < -0.39 is 28.5 Å². The molecule has 3 aromatic carbocycles. The molecule has 3 aromatic rings. The Balaban J connectivity index is 1.76. The number of carbonyl (C=O) groups is 2. The normalized spacial score (nSPS) is 14.6. The number of benzene rings is 3. The van der Waals surface area contributed by atoms with E-state index in [4.69, 9.17) is 23.2 Å². The number of amides is 2. The van der Waals surface area contributed by atoms with Crippen LogP contribution in [0.2, 0.25) is 10.0 Å². The van der Waals surface area contributed by atoms with Gasteiger partial charge < -0.3 is 10.2 Å². The zero-order valence-electron chi connectivity index (χ0n) is 24.9. The molecule has 0 heterocycles. The summed E-state index contributed by atoms with van der Waals surface area (Å²) < 4.78 is 27.3. The van der Waals surface area contributed by atoms with Crippen molar-refractivity contribution in [3.8, 4) is 0 Å². The van der Waals surface area contributed by atoms with Crippen LogP contribution in [-0.2, 0) is 32.6 Å². The highest BCUT2D eigenvalue weighted by atomic mass is 35.5. The van der Waals surface area contributed by atoms with E-state index >= 15 is 0 Å². The molecule has 230 valence electrons. The largest absolute Gasteiger partial charge is 0.352 e. The highest BCUT2D eigenvalue weighted by Crippen LogP contribution is 2.28. The first-order chi connectivity index (χ1) is 20.4. The molecule has 1 fully saturated rings.